The van der Waals surface area contributed by atoms with Crippen LogP contribution in [0.2, 0.25) is 0 Å². The molecule has 0 fully saturated rings. The average Bonchev–Trinajstić information content (AvgIpc) is 3.61. The lowest BCUT2D eigenvalue weighted by atomic mass is 9.82. The zero-order valence-corrected chi connectivity index (χ0v) is 26.6. The molecule has 0 radical (unpaired) electrons. The Morgan fingerprint density at radius 2 is 1.93 bits per heavy atom. The number of aromatic nitrogens is 3. The third-order valence-corrected chi connectivity index (χ3v) is 8.49. The lowest BCUT2D eigenvalue weighted by Crippen LogP contribution is -2.32. The van der Waals surface area contributed by atoms with Gasteiger partial charge < -0.3 is 13.9 Å². The van der Waals surface area contributed by atoms with Gasteiger partial charge in [0.2, 0.25) is 0 Å². The van der Waals surface area contributed by atoms with Gasteiger partial charge in [-0.2, -0.15) is 0 Å². The third kappa shape index (κ3) is 6.97. The molecule has 0 saturated carbocycles. The molecule has 0 amide bonds. The number of aryl methyl sites for hydroxylation is 2. The fourth-order valence-electron chi connectivity index (χ4n) is 6.24. The molecular weight excluding hydrogens is 552 g/mol. The Kier molecular flexibility index (Phi) is 10.3. The summed E-state index contributed by atoms with van der Waals surface area (Å²) in [5.41, 5.74) is 8.70. The first-order chi connectivity index (χ1) is 21.4. The predicted molar refractivity (Wildman–Crippen MR) is 174 cm³/mol. The first-order valence-corrected chi connectivity index (χ1v) is 15.7. The first-order valence-electron chi connectivity index (χ1n) is 15.7. The normalized spacial score (nSPS) is 13.8. The van der Waals surface area contributed by atoms with E-state index < -0.39 is 0 Å². The topological polar surface area (TPSA) is 82.6 Å². The van der Waals surface area contributed by atoms with Gasteiger partial charge in [-0.15, -0.1) is 5.10 Å². The van der Waals surface area contributed by atoms with Crippen molar-refractivity contribution >= 4 is 28.0 Å². The molecule has 5 aromatic rings. The van der Waals surface area contributed by atoms with E-state index in [0.717, 1.165) is 48.2 Å². The third-order valence-electron chi connectivity index (χ3n) is 8.49. The number of nitrogens with zero attached hydrogens (tertiary/aromatic N) is 4. The van der Waals surface area contributed by atoms with Crippen LogP contribution < -0.4 is 4.74 Å². The SMILES string of the molecule is CCCCCN1CCc2c(cccc2C(CC(=O)OCC)c2cc(OC)c3c(c2)nnn3C)C1.Cc1coc2ccccc12. The van der Waals surface area contributed by atoms with Crippen molar-refractivity contribution in [1.82, 2.24) is 19.9 Å². The zero-order valence-electron chi connectivity index (χ0n) is 26.6. The molecule has 1 aliphatic heterocycles. The number of rotatable bonds is 10. The number of methoxy groups -OCH3 is 1. The van der Waals surface area contributed by atoms with Crippen molar-refractivity contribution in [3.8, 4) is 5.75 Å². The van der Waals surface area contributed by atoms with Crippen LogP contribution in [0.4, 0.5) is 0 Å². The molecule has 1 unspecified atom stereocenters. The number of esters is 1. The second kappa shape index (κ2) is 14.5. The maximum absolute atomic E-state index is 12.7. The lowest BCUT2D eigenvalue weighted by molar-refractivity contribution is -0.143. The lowest BCUT2D eigenvalue weighted by Gasteiger charge is -2.32. The molecule has 0 saturated heterocycles. The number of hydrogen-bond acceptors (Lipinski definition) is 7. The van der Waals surface area contributed by atoms with E-state index in [9.17, 15) is 4.79 Å². The Hall–Kier alpha value is -4.17. The van der Waals surface area contributed by atoms with Gasteiger partial charge in [-0.1, -0.05) is 61.4 Å². The number of furan rings is 1. The van der Waals surface area contributed by atoms with E-state index in [-0.39, 0.29) is 18.3 Å². The Morgan fingerprint density at radius 1 is 1.09 bits per heavy atom. The van der Waals surface area contributed by atoms with E-state index in [2.05, 4.69) is 46.4 Å². The van der Waals surface area contributed by atoms with E-state index in [1.54, 1.807) is 18.1 Å². The van der Waals surface area contributed by atoms with Crippen molar-refractivity contribution in [1.29, 1.82) is 0 Å². The zero-order chi connectivity index (χ0) is 31.1. The van der Waals surface area contributed by atoms with E-state index >= 15 is 0 Å². The second-order valence-electron chi connectivity index (χ2n) is 11.5. The molecule has 1 atom stereocenters. The van der Waals surface area contributed by atoms with E-state index in [1.807, 2.05) is 51.2 Å². The van der Waals surface area contributed by atoms with Crippen molar-refractivity contribution in [3.63, 3.8) is 0 Å². The van der Waals surface area contributed by atoms with Gasteiger partial charge in [-0.25, -0.2) is 4.68 Å². The second-order valence-corrected chi connectivity index (χ2v) is 11.5. The Bertz CT molecular complexity index is 1710. The first kappa shape index (κ1) is 31.3. The Balaban J connectivity index is 0.000000322. The fraction of sp³-hybridized carbons (Fsp3) is 0.417. The van der Waals surface area contributed by atoms with E-state index in [4.69, 9.17) is 13.9 Å². The highest BCUT2D eigenvalue weighted by atomic mass is 16.5. The number of hydrogen-bond donors (Lipinski definition) is 0. The Labute approximate surface area is 259 Å². The number of carbonyl (C=O) groups excluding carboxylic acids is 1. The number of fused-ring (bicyclic) bond motifs is 3. The van der Waals surface area contributed by atoms with E-state index in [1.165, 1.54) is 46.9 Å². The summed E-state index contributed by atoms with van der Waals surface area (Å²) in [6.07, 6.45) is 6.81. The minimum atomic E-state index is -0.194. The van der Waals surface area contributed by atoms with Crippen LogP contribution in [0.25, 0.3) is 22.0 Å². The molecule has 0 aliphatic carbocycles. The molecule has 2 aromatic heterocycles. The summed E-state index contributed by atoms with van der Waals surface area (Å²) in [5, 5.41) is 9.70. The van der Waals surface area contributed by atoms with E-state index in [0.29, 0.717) is 12.4 Å². The van der Waals surface area contributed by atoms with Gasteiger partial charge in [0.15, 0.2) is 0 Å². The number of carbonyl (C=O) groups is 1. The van der Waals surface area contributed by atoms with Crippen LogP contribution in [-0.4, -0.2) is 52.7 Å². The average molecular weight is 597 g/mol. The maximum Gasteiger partial charge on any atom is 0.306 e. The molecule has 232 valence electrons. The summed E-state index contributed by atoms with van der Waals surface area (Å²) in [6, 6.07) is 18.6. The molecule has 3 aromatic carbocycles. The summed E-state index contributed by atoms with van der Waals surface area (Å²) in [7, 11) is 3.51. The highest BCUT2D eigenvalue weighted by molar-refractivity contribution is 5.83. The summed E-state index contributed by atoms with van der Waals surface area (Å²) in [6.45, 7) is 9.67. The van der Waals surface area contributed by atoms with Crippen LogP contribution in [0.3, 0.4) is 0 Å². The monoisotopic (exact) mass is 596 g/mol. The molecule has 8 heteroatoms. The fourth-order valence-corrected chi connectivity index (χ4v) is 6.24. The molecule has 3 heterocycles. The minimum Gasteiger partial charge on any atom is -0.494 e. The largest absolute Gasteiger partial charge is 0.494 e. The van der Waals surface area contributed by atoms with Gasteiger partial charge >= 0.3 is 5.97 Å². The van der Waals surface area contributed by atoms with Crippen LogP contribution in [-0.2, 0) is 29.5 Å². The molecule has 0 bridgehead atoms. The molecule has 1 aliphatic rings. The van der Waals surface area contributed by atoms with Crippen molar-refractivity contribution < 1.29 is 18.7 Å². The van der Waals surface area contributed by atoms with Gasteiger partial charge in [0.05, 0.1) is 26.4 Å². The smallest absolute Gasteiger partial charge is 0.306 e. The van der Waals surface area contributed by atoms with Crippen molar-refractivity contribution in [3.05, 3.63) is 88.7 Å². The molecule has 0 spiro atoms. The van der Waals surface area contributed by atoms with Gasteiger partial charge in [0.1, 0.15) is 22.4 Å². The summed E-state index contributed by atoms with van der Waals surface area (Å²) >= 11 is 0. The van der Waals surface area contributed by atoms with Crippen LogP contribution in [0.5, 0.6) is 5.75 Å². The number of unbranched alkanes of at least 4 members (excludes halogenated alkanes) is 2. The molecule has 0 N–H and O–H groups in total. The summed E-state index contributed by atoms with van der Waals surface area (Å²) in [5.74, 6) is 0.377. The number of ether oxygens (including phenoxy) is 2. The van der Waals surface area contributed by atoms with Crippen LogP contribution in [0.1, 0.15) is 73.3 Å². The summed E-state index contributed by atoms with van der Waals surface area (Å²) < 4.78 is 18.0. The standard InChI is InChI=1S/C27H36N4O3.C9H8O/c1-5-7-8-13-31-14-12-21-19(18-31)10-9-11-22(21)23(17-26(32)34-6-2)20-15-24-27(25(16-20)33-4)30(3)29-28-24;1-7-6-10-9-5-3-2-4-8(7)9/h9-11,15-16,23H,5-8,12-14,17-18H2,1-4H3;2-6H,1H3. The highest BCUT2D eigenvalue weighted by Crippen LogP contribution is 2.38. The maximum atomic E-state index is 12.7. The predicted octanol–water partition coefficient (Wildman–Crippen LogP) is 7.35. The van der Waals surface area contributed by atoms with Crippen LogP contribution in [0, 0.1) is 6.92 Å². The highest BCUT2D eigenvalue weighted by Gasteiger charge is 2.27. The quantitative estimate of drug-likeness (QED) is 0.123. The molecule has 44 heavy (non-hydrogen) atoms. The minimum absolute atomic E-state index is 0.138. The van der Waals surface area contributed by atoms with Crippen molar-refractivity contribution in [2.24, 2.45) is 7.05 Å². The van der Waals surface area contributed by atoms with Crippen molar-refractivity contribution in [2.45, 2.75) is 65.3 Å². The van der Waals surface area contributed by atoms with Crippen LogP contribution in [0.15, 0.2) is 65.3 Å². The molecular formula is C36H44N4O4. The summed E-state index contributed by atoms with van der Waals surface area (Å²) in [4.78, 5) is 15.2. The van der Waals surface area contributed by atoms with Gasteiger partial charge in [-0.05, 0) is 79.3 Å². The van der Waals surface area contributed by atoms with Crippen LogP contribution >= 0.6 is 0 Å². The number of benzene rings is 3. The number of para-hydroxylation sites is 1. The van der Waals surface area contributed by atoms with Crippen molar-refractivity contribution in [2.75, 3.05) is 26.8 Å². The van der Waals surface area contributed by atoms with Gasteiger partial charge in [0, 0.05) is 31.4 Å². The van der Waals surface area contributed by atoms with Gasteiger partial charge in [-0.3, -0.25) is 9.69 Å². The molecule has 6 rings (SSSR count). The van der Waals surface area contributed by atoms with Gasteiger partial charge in [0.25, 0.3) is 0 Å². The Morgan fingerprint density at radius 3 is 2.70 bits per heavy atom. The molecule has 8 nitrogen and oxygen atoms in total.